The Labute approximate surface area is 89.2 Å². The fraction of sp³-hybridized carbons (Fsp3) is 0.250. The molecule has 3 N–H and O–H groups in total. The van der Waals surface area contributed by atoms with Crippen molar-refractivity contribution in [1.29, 1.82) is 0 Å². The molecule has 0 radical (unpaired) electrons. The van der Waals surface area contributed by atoms with E-state index in [0.717, 1.165) is 17.5 Å². The van der Waals surface area contributed by atoms with Crippen LogP contribution in [0.25, 0.3) is 6.08 Å². The van der Waals surface area contributed by atoms with E-state index in [2.05, 4.69) is 0 Å². The number of benzene rings is 1. The van der Waals surface area contributed by atoms with Gasteiger partial charge in [0.2, 0.25) is 0 Å². The summed E-state index contributed by atoms with van der Waals surface area (Å²) in [5.74, 6) is -0.804. The van der Waals surface area contributed by atoms with E-state index in [9.17, 15) is 4.79 Å². The number of carbonyl (C=O) groups is 1. The van der Waals surface area contributed by atoms with Crippen LogP contribution in [0, 0.1) is 0 Å². The highest BCUT2D eigenvalue weighted by Gasteiger charge is 1.98. The van der Waals surface area contributed by atoms with Crippen molar-refractivity contribution in [3.8, 4) is 0 Å². The van der Waals surface area contributed by atoms with Crippen LogP contribution >= 0.6 is 0 Å². The Balaban J connectivity index is 2.60. The van der Waals surface area contributed by atoms with Gasteiger partial charge < -0.3 is 10.8 Å². The first-order valence-corrected chi connectivity index (χ1v) is 4.89. The quantitative estimate of drug-likeness (QED) is 0.768. The second kappa shape index (κ2) is 5.98. The van der Waals surface area contributed by atoms with Gasteiger partial charge in [0.1, 0.15) is 0 Å². The maximum Gasteiger partial charge on any atom is 0.307 e. The van der Waals surface area contributed by atoms with Gasteiger partial charge in [-0.3, -0.25) is 4.79 Å². The summed E-state index contributed by atoms with van der Waals surface area (Å²) in [5.41, 5.74) is 7.24. The maximum atomic E-state index is 10.4. The van der Waals surface area contributed by atoms with Crippen LogP contribution in [0.1, 0.15) is 17.5 Å². The molecule has 3 nitrogen and oxygen atoms in total. The molecule has 0 aromatic heterocycles. The van der Waals surface area contributed by atoms with Crippen molar-refractivity contribution in [2.45, 2.75) is 12.8 Å². The summed E-state index contributed by atoms with van der Waals surface area (Å²) >= 11 is 0. The summed E-state index contributed by atoms with van der Waals surface area (Å²) in [7, 11) is 0. The molecule has 0 aliphatic heterocycles. The Morgan fingerprint density at radius 2 is 2.00 bits per heavy atom. The average molecular weight is 205 g/mol. The summed E-state index contributed by atoms with van der Waals surface area (Å²) in [6.07, 6.45) is 4.92. The third-order valence-corrected chi connectivity index (χ3v) is 1.98. The van der Waals surface area contributed by atoms with E-state index < -0.39 is 5.97 Å². The fourth-order valence-electron chi connectivity index (χ4n) is 1.24. The molecule has 0 aliphatic carbocycles. The summed E-state index contributed by atoms with van der Waals surface area (Å²) in [4.78, 5) is 10.4. The number of aliphatic carboxylic acids is 1. The number of rotatable bonds is 5. The van der Waals surface area contributed by atoms with Crippen LogP contribution in [-0.2, 0) is 11.2 Å². The normalized spacial score (nSPS) is 10.7. The molecule has 1 aromatic rings. The van der Waals surface area contributed by atoms with Gasteiger partial charge in [-0.15, -0.1) is 0 Å². The zero-order valence-electron chi connectivity index (χ0n) is 8.52. The van der Waals surface area contributed by atoms with Gasteiger partial charge in [0.25, 0.3) is 0 Å². The third kappa shape index (κ3) is 4.42. The minimum absolute atomic E-state index is 0.0762. The zero-order chi connectivity index (χ0) is 11.1. The monoisotopic (exact) mass is 205 g/mol. The lowest BCUT2D eigenvalue weighted by atomic mass is 10.1. The average Bonchev–Trinajstić information content (AvgIpc) is 2.20. The minimum Gasteiger partial charge on any atom is -0.481 e. The Kier molecular flexibility index (Phi) is 4.57. The van der Waals surface area contributed by atoms with E-state index in [1.54, 1.807) is 0 Å². The summed E-state index contributed by atoms with van der Waals surface area (Å²) < 4.78 is 0. The molecule has 0 fully saturated rings. The Bertz CT molecular complexity index is 341. The molecular formula is C12H15NO2. The number of carboxylic acid groups (broad SMARTS) is 1. The molecule has 0 saturated heterocycles. The number of carboxylic acids is 1. The van der Waals surface area contributed by atoms with E-state index in [0.29, 0.717) is 6.54 Å². The highest BCUT2D eigenvalue weighted by Crippen LogP contribution is 2.07. The van der Waals surface area contributed by atoms with E-state index in [1.807, 2.05) is 36.4 Å². The molecule has 3 heteroatoms. The predicted octanol–water partition coefficient (Wildman–Crippen LogP) is 1.68. The van der Waals surface area contributed by atoms with Crippen LogP contribution in [0.2, 0.25) is 0 Å². The number of hydrogen-bond donors (Lipinski definition) is 2. The smallest absolute Gasteiger partial charge is 0.307 e. The lowest BCUT2D eigenvalue weighted by molar-refractivity contribution is -0.136. The highest BCUT2D eigenvalue weighted by molar-refractivity contribution is 5.70. The van der Waals surface area contributed by atoms with Crippen molar-refractivity contribution >= 4 is 12.0 Å². The molecule has 0 atom stereocenters. The third-order valence-electron chi connectivity index (χ3n) is 1.98. The van der Waals surface area contributed by atoms with Gasteiger partial charge in [-0.25, -0.2) is 0 Å². The Morgan fingerprint density at radius 3 is 2.53 bits per heavy atom. The first-order valence-electron chi connectivity index (χ1n) is 4.89. The van der Waals surface area contributed by atoms with E-state index >= 15 is 0 Å². The van der Waals surface area contributed by atoms with Crippen molar-refractivity contribution in [2.24, 2.45) is 5.73 Å². The zero-order valence-corrected chi connectivity index (χ0v) is 8.52. The molecular weight excluding hydrogens is 190 g/mol. The van der Waals surface area contributed by atoms with Gasteiger partial charge in [0.15, 0.2) is 0 Å². The standard InChI is InChI=1S/C12H15NO2/c13-8-2-1-3-10-4-6-11(7-5-10)9-12(14)15/h1,3-7H,2,8-9,13H2,(H,14,15). The highest BCUT2D eigenvalue weighted by atomic mass is 16.4. The second-order valence-corrected chi connectivity index (χ2v) is 3.29. The van der Waals surface area contributed by atoms with Gasteiger partial charge in [0, 0.05) is 0 Å². The van der Waals surface area contributed by atoms with Crippen molar-refractivity contribution in [3.05, 3.63) is 41.5 Å². The molecule has 0 aliphatic rings. The minimum atomic E-state index is -0.804. The van der Waals surface area contributed by atoms with Gasteiger partial charge in [-0.2, -0.15) is 0 Å². The summed E-state index contributed by atoms with van der Waals surface area (Å²) in [6.45, 7) is 0.646. The lowest BCUT2D eigenvalue weighted by Gasteiger charge is -1.97. The van der Waals surface area contributed by atoms with E-state index in [4.69, 9.17) is 10.8 Å². The van der Waals surface area contributed by atoms with Gasteiger partial charge in [0.05, 0.1) is 6.42 Å². The summed E-state index contributed by atoms with van der Waals surface area (Å²) in [5, 5.41) is 8.58. The molecule has 1 aromatic carbocycles. The largest absolute Gasteiger partial charge is 0.481 e. The topological polar surface area (TPSA) is 63.3 Å². The van der Waals surface area contributed by atoms with Crippen LogP contribution in [-0.4, -0.2) is 17.6 Å². The molecule has 0 spiro atoms. The Morgan fingerprint density at radius 1 is 1.33 bits per heavy atom. The van der Waals surface area contributed by atoms with Crippen LogP contribution in [0.5, 0.6) is 0 Å². The molecule has 0 amide bonds. The van der Waals surface area contributed by atoms with Crippen molar-refractivity contribution in [1.82, 2.24) is 0 Å². The molecule has 0 unspecified atom stereocenters. The van der Waals surface area contributed by atoms with Gasteiger partial charge >= 0.3 is 5.97 Å². The first-order chi connectivity index (χ1) is 7.22. The lowest BCUT2D eigenvalue weighted by Crippen LogP contribution is -1.99. The van der Waals surface area contributed by atoms with Crippen molar-refractivity contribution in [2.75, 3.05) is 6.54 Å². The molecule has 80 valence electrons. The van der Waals surface area contributed by atoms with E-state index in [1.165, 1.54) is 0 Å². The molecule has 0 saturated carbocycles. The van der Waals surface area contributed by atoms with Gasteiger partial charge in [-0.1, -0.05) is 36.4 Å². The number of hydrogen-bond acceptors (Lipinski definition) is 2. The molecule has 0 bridgehead atoms. The van der Waals surface area contributed by atoms with Crippen LogP contribution < -0.4 is 5.73 Å². The van der Waals surface area contributed by atoms with Crippen LogP contribution in [0.3, 0.4) is 0 Å². The second-order valence-electron chi connectivity index (χ2n) is 3.29. The predicted molar refractivity (Wildman–Crippen MR) is 60.5 cm³/mol. The summed E-state index contributed by atoms with van der Waals surface area (Å²) in [6, 6.07) is 7.48. The van der Waals surface area contributed by atoms with E-state index in [-0.39, 0.29) is 6.42 Å². The SMILES string of the molecule is NCCC=Cc1ccc(CC(=O)O)cc1. The van der Waals surface area contributed by atoms with Crippen molar-refractivity contribution in [3.63, 3.8) is 0 Å². The van der Waals surface area contributed by atoms with Crippen molar-refractivity contribution < 1.29 is 9.90 Å². The van der Waals surface area contributed by atoms with Gasteiger partial charge in [-0.05, 0) is 24.1 Å². The first kappa shape index (κ1) is 11.5. The Hall–Kier alpha value is -1.61. The van der Waals surface area contributed by atoms with Crippen LogP contribution in [0.15, 0.2) is 30.3 Å². The molecule has 0 heterocycles. The maximum absolute atomic E-state index is 10.4. The molecule has 15 heavy (non-hydrogen) atoms. The number of nitrogens with two attached hydrogens (primary N) is 1. The van der Waals surface area contributed by atoms with Crippen LogP contribution in [0.4, 0.5) is 0 Å². The molecule has 1 rings (SSSR count). The fourth-order valence-corrected chi connectivity index (χ4v) is 1.24.